The number of aryl methyl sites for hydroxylation is 1. The van der Waals surface area contributed by atoms with Crippen LogP contribution in [-0.4, -0.2) is 5.88 Å². The molecule has 0 aliphatic rings. The highest BCUT2D eigenvalue weighted by molar-refractivity contribution is 6.28. The second kappa shape index (κ2) is 7.21. The molecule has 3 aromatic carbocycles. The highest BCUT2D eigenvalue weighted by Gasteiger charge is 2.13. The molecule has 0 saturated carbocycles. The van der Waals surface area contributed by atoms with Gasteiger partial charge in [0, 0.05) is 5.88 Å². The van der Waals surface area contributed by atoms with E-state index in [9.17, 15) is 0 Å². The van der Waals surface area contributed by atoms with Crippen LogP contribution in [0.4, 0.5) is 0 Å². The zero-order valence-electron chi connectivity index (χ0n) is 13.0. The van der Waals surface area contributed by atoms with Crippen LogP contribution in [-0.2, 0) is 0 Å². The van der Waals surface area contributed by atoms with Crippen LogP contribution in [0.5, 0.6) is 0 Å². The Labute approximate surface area is 147 Å². The van der Waals surface area contributed by atoms with Crippen LogP contribution in [0.25, 0.3) is 22.3 Å². The zero-order valence-corrected chi connectivity index (χ0v) is 14.5. The summed E-state index contributed by atoms with van der Waals surface area (Å²) in [4.78, 5) is 0. The molecule has 0 fully saturated rings. The van der Waals surface area contributed by atoms with Crippen molar-refractivity contribution in [3.63, 3.8) is 0 Å². The Balaban J connectivity index is 2.01. The summed E-state index contributed by atoms with van der Waals surface area (Å²) in [6.07, 6.45) is 0. The van der Waals surface area contributed by atoms with E-state index in [1.54, 1.807) is 0 Å². The van der Waals surface area contributed by atoms with Crippen LogP contribution in [0, 0.1) is 6.92 Å². The first-order valence-corrected chi connectivity index (χ1v) is 8.62. The molecule has 0 bridgehead atoms. The third-order valence-corrected chi connectivity index (χ3v) is 4.84. The van der Waals surface area contributed by atoms with Crippen molar-refractivity contribution in [2.24, 2.45) is 0 Å². The summed E-state index contributed by atoms with van der Waals surface area (Å²) in [5, 5.41) is -0.180. The lowest BCUT2D eigenvalue weighted by Gasteiger charge is -2.14. The van der Waals surface area contributed by atoms with Crippen molar-refractivity contribution in [3.05, 3.63) is 83.9 Å². The minimum atomic E-state index is -0.180. The molecule has 0 amide bonds. The van der Waals surface area contributed by atoms with Crippen molar-refractivity contribution in [1.29, 1.82) is 0 Å². The summed E-state index contributed by atoms with van der Waals surface area (Å²) in [5.41, 5.74) is 7.06. The smallest absolute Gasteiger partial charge is 0.0726 e. The van der Waals surface area contributed by atoms with Crippen LogP contribution >= 0.6 is 23.2 Å². The van der Waals surface area contributed by atoms with Gasteiger partial charge in [-0.2, -0.15) is 0 Å². The van der Waals surface area contributed by atoms with E-state index in [2.05, 4.69) is 73.7 Å². The van der Waals surface area contributed by atoms with Crippen molar-refractivity contribution in [2.75, 3.05) is 5.88 Å². The third kappa shape index (κ3) is 3.60. The lowest BCUT2D eigenvalue weighted by atomic mass is 9.94. The Bertz CT molecular complexity index is 777. The maximum absolute atomic E-state index is 6.39. The summed E-state index contributed by atoms with van der Waals surface area (Å²) in [6.45, 7) is 2.09. The van der Waals surface area contributed by atoms with Crippen molar-refractivity contribution < 1.29 is 0 Å². The van der Waals surface area contributed by atoms with Crippen LogP contribution < -0.4 is 0 Å². The van der Waals surface area contributed by atoms with E-state index in [4.69, 9.17) is 23.2 Å². The lowest BCUT2D eigenvalue weighted by Crippen LogP contribution is -1.96. The van der Waals surface area contributed by atoms with Gasteiger partial charge >= 0.3 is 0 Å². The Morgan fingerprint density at radius 1 is 0.783 bits per heavy atom. The second-order valence-electron chi connectivity index (χ2n) is 5.66. The topological polar surface area (TPSA) is 0 Å². The lowest BCUT2D eigenvalue weighted by molar-refractivity contribution is 1.09. The molecule has 0 heterocycles. The van der Waals surface area contributed by atoms with E-state index >= 15 is 0 Å². The van der Waals surface area contributed by atoms with Gasteiger partial charge in [-0.15, -0.1) is 23.2 Å². The Morgan fingerprint density at radius 3 is 2.04 bits per heavy atom. The molecule has 116 valence electrons. The van der Waals surface area contributed by atoms with Gasteiger partial charge in [0.2, 0.25) is 0 Å². The molecular weight excluding hydrogens is 323 g/mol. The molecule has 0 spiro atoms. The van der Waals surface area contributed by atoms with Crippen LogP contribution in [0.3, 0.4) is 0 Å². The summed E-state index contributed by atoms with van der Waals surface area (Å²) in [5.74, 6) is 0.402. The average Bonchev–Trinajstić information content (AvgIpc) is 2.62. The van der Waals surface area contributed by atoms with Crippen LogP contribution in [0.2, 0.25) is 0 Å². The van der Waals surface area contributed by atoms with Gasteiger partial charge in [0.05, 0.1) is 5.38 Å². The van der Waals surface area contributed by atoms with Crippen molar-refractivity contribution in [2.45, 2.75) is 12.3 Å². The Morgan fingerprint density at radius 2 is 1.39 bits per heavy atom. The summed E-state index contributed by atoms with van der Waals surface area (Å²) >= 11 is 12.4. The minimum absolute atomic E-state index is 0.180. The quantitative estimate of drug-likeness (QED) is 0.455. The van der Waals surface area contributed by atoms with E-state index in [1.165, 1.54) is 22.3 Å². The highest BCUT2D eigenvalue weighted by Crippen LogP contribution is 2.34. The first kappa shape index (κ1) is 16.1. The van der Waals surface area contributed by atoms with Gasteiger partial charge < -0.3 is 0 Å². The number of rotatable bonds is 4. The van der Waals surface area contributed by atoms with Crippen molar-refractivity contribution >= 4 is 23.2 Å². The van der Waals surface area contributed by atoms with Gasteiger partial charge in [-0.05, 0) is 34.7 Å². The van der Waals surface area contributed by atoms with Gasteiger partial charge in [-0.1, -0.05) is 78.4 Å². The standard InChI is InChI=1S/C21H18Cl2/c1-15-7-12-19(21(23)14-22)20(13-15)18-10-8-17(9-11-18)16-5-3-2-4-6-16/h2-13,21H,14H2,1H3. The molecule has 3 aromatic rings. The maximum Gasteiger partial charge on any atom is 0.0726 e. The number of hydrogen-bond acceptors (Lipinski definition) is 0. The molecule has 0 aliphatic heterocycles. The maximum atomic E-state index is 6.39. The highest BCUT2D eigenvalue weighted by atomic mass is 35.5. The zero-order chi connectivity index (χ0) is 16.2. The fraction of sp³-hybridized carbons (Fsp3) is 0.143. The third-order valence-electron chi connectivity index (χ3n) is 3.98. The van der Waals surface area contributed by atoms with Crippen LogP contribution in [0.15, 0.2) is 72.8 Å². The normalized spacial score (nSPS) is 12.1. The fourth-order valence-corrected chi connectivity index (χ4v) is 3.11. The predicted molar refractivity (Wildman–Crippen MR) is 101 cm³/mol. The predicted octanol–water partition coefficient (Wildman–Crippen LogP) is 6.85. The minimum Gasteiger partial charge on any atom is -0.125 e. The van der Waals surface area contributed by atoms with E-state index in [1.807, 2.05) is 6.07 Å². The SMILES string of the molecule is Cc1ccc(C(Cl)CCl)c(-c2ccc(-c3ccccc3)cc2)c1. The first-order chi connectivity index (χ1) is 11.2. The monoisotopic (exact) mass is 340 g/mol. The molecule has 0 nitrogen and oxygen atoms in total. The van der Waals surface area contributed by atoms with Crippen molar-refractivity contribution in [1.82, 2.24) is 0 Å². The molecule has 0 aromatic heterocycles. The molecular formula is C21H18Cl2. The van der Waals surface area contributed by atoms with Crippen LogP contribution in [0.1, 0.15) is 16.5 Å². The fourth-order valence-electron chi connectivity index (χ4n) is 2.75. The second-order valence-corrected chi connectivity index (χ2v) is 6.49. The number of hydrogen-bond donors (Lipinski definition) is 0. The van der Waals surface area contributed by atoms with E-state index in [0.717, 1.165) is 11.1 Å². The van der Waals surface area contributed by atoms with E-state index in [0.29, 0.717) is 5.88 Å². The summed E-state index contributed by atoms with van der Waals surface area (Å²) < 4.78 is 0. The molecule has 2 heteroatoms. The first-order valence-electron chi connectivity index (χ1n) is 7.65. The molecule has 0 aliphatic carbocycles. The molecule has 1 atom stereocenters. The van der Waals surface area contributed by atoms with E-state index in [-0.39, 0.29) is 5.38 Å². The molecule has 1 unspecified atom stereocenters. The van der Waals surface area contributed by atoms with Gasteiger partial charge in [0.1, 0.15) is 0 Å². The van der Waals surface area contributed by atoms with Gasteiger partial charge in [0.15, 0.2) is 0 Å². The summed E-state index contributed by atoms with van der Waals surface area (Å²) in [7, 11) is 0. The Kier molecular flexibility index (Phi) is 5.05. The average molecular weight is 341 g/mol. The number of alkyl halides is 2. The van der Waals surface area contributed by atoms with Gasteiger partial charge in [0.25, 0.3) is 0 Å². The largest absolute Gasteiger partial charge is 0.125 e. The molecule has 0 saturated heterocycles. The summed E-state index contributed by atoms with van der Waals surface area (Å²) in [6, 6.07) is 25.3. The molecule has 23 heavy (non-hydrogen) atoms. The van der Waals surface area contributed by atoms with Gasteiger partial charge in [-0.3, -0.25) is 0 Å². The van der Waals surface area contributed by atoms with Gasteiger partial charge in [-0.25, -0.2) is 0 Å². The number of halogens is 2. The Hall–Kier alpha value is -1.76. The van der Waals surface area contributed by atoms with E-state index < -0.39 is 0 Å². The molecule has 0 N–H and O–H groups in total. The molecule has 3 rings (SSSR count). The van der Waals surface area contributed by atoms with Crippen molar-refractivity contribution in [3.8, 4) is 22.3 Å². The number of benzene rings is 3. The molecule has 0 radical (unpaired) electrons.